The van der Waals surface area contributed by atoms with E-state index in [0.29, 0.717) is 6.54 Å². The van der Waals surface area contributed by atoms with Crippen LogP contribution in [0.3, 0.4) is 0 Å². The third kappa shape index (κ3) is 5.84. The topological polar surface area (TPSA) is 87.7 Å². The maximum Gasteiger partial charge on any atom is 0.227 e. The van der Waals surface area contributed by atoms with E-state index in [1.165, 1.54) is 0 Å². The van der Waals surface area contributed by atoms with Crippen molar-refractivity contribution in [1.29, 1.82) is 0 Å². The number of thioether (sulfide) groups is 1. The highest BCUT2D eigenvalue weighted by molar-refractivity contribution is 7.98. The van der Waals surface area contributed by atoms with Gasteiger partial charge in [-0.15, -0.1) is 0 Å². The zero-order valence-electron chi connectivity index (χ0n) is 6.91. The molecule has 1 amide bonds. The first-order chi connectivity index (χ1) is 5.70. The molecule has 0 rings (SSSR count). The van der Waals surface area contributed by atoms with Crippen molar-refractivity contribution in [1.82, 2.24) is 5.32 Å². The Morgan fingerprint density at radius 3 is 2.92 bits per heavy atom. The van der Waals surface area contributed by atoms with Gasteiger partial charge in [0, 0.05) is 12.3 Å². The first-order valence-electron chi connectivity index (χ1n) is 3.42. The zero-order valence-corrected chi connectivity index (χ0v) is 7.73. The third-order valence-electron chi connectivity index (χ3n) is 1.10. The highest BCUT2D eigenvalue weighted by Gasteiger charge is 2.02. The first kappa shape index (κ1) is 11.1. The van der Waals surface area contributed by atoms with Gasteiger partial charge in [-0.25, -0.2) is 0 Å². The van der Waals surface area contributed by atoms with E-state index in [4.69, 9.17) is 10.9 Å². The monoisotopic (exact) mass is 191 g/mol. The maximum atomic E-state index is 10.9. The van der Waals surface area contributed by atoms with E-state index in [-0.39, 0.29) is 18.2 Å². The second-order valence-electron chi connectivity index (χ2n) is 2.11. The van der Waals surface area contributed by atoms with E-state index >= 15 is 0 Å². The molecule has 6 heteroatoms. The van der Waals surface area contributed by atoms with E-state index in [2.05, 4.69) is 10.5 Å². The van der Waals surface area contributed by atoms with Crippen molar-refractivity contribution in [2.75, 3.05) is 18.6 Å². The van der Waals surface area contributed by atoms with Crippen LogP contribution in [-0.2, 0) is 4.79 Å². The lowest BCUT2D eigenvalue weighted by Crippen LogP contribution is -2.30. The van der Waals surface area contributed by atoms with E-state index < -0.39 is 0 Å². The summed E-state index contributed by atoms with van der Waals surface area (Å²) in [5, 5.41) is 13.4. The van der Waals surface area contributed by atoms with Crippen molar-refractivity contribution >= 4 is 23.5 Å². The Morgan fingerprint density at radius 2 is 2.42 bits per heavy atom. The van der Waals surface area contributed by atoms with Crippen LogP contribution in [0.4, 0.5) is 0 Å². The number of hydrogen-bond donors (Lipinski definition) is 3. The second kappa shape index (κ2) is 6.78. The summed E-state index contributed by atoms with van der Waals surface area (Å²) < 4.78 is 0. The molecule has 0 radical (unpaired) electrons. The van der Waals surface area contributed by atoms with Crippen LogP contribution in [0.1, 0.15) is 6.42 Å². The molecule has 0 unspecified atom stereocenters. The van der Waals surface area contributed by atoms with Gasteiger partial charge in [0.25, 0.3) is 0 Å². The average molecular weight is 191 g/mol. The van der Waals surface area contributed by atoms with Crippen molar-refractivity contribution in [3.8, 4) is 0 Å². The molecule has 0 aliphatic carbocycles. The Kier molecular flexibility index (Phi) is 6.26. The largest absolute Gasteiger partial charge is 0.409 e. The molecule has 0 heterocycles. The number of oxime groups is 1. The van der Waals surface area contributed by atoms with Crippen LogP contribution in [0.5, 0.6) is 0 Å². The summed E-state index contributed by atoms with van der Waals surface area (Å²) in [6, 6.07) is 0. The van der Waals surface area contributed by atoms with Crippen molar-refractivity contribution in [3.63, 3.8) is 0 Å². The van der Waals surface area contributed by atoms with Crippen molar-refractivity contribution < 1.29 is 10.0 Å². The SMILES string of the molecule is CSCCNC(=O)CC(N)=NO. The zero-order chi connectivity index (χ0) is 9.40. The molecule has 5 nitrogen and oxygen atoms in total. The lowest BCUT2D eigenvalue weighted by atomic mass is 10.4. The first-order valence-corrected chi connectivity index (χ1v) is 4.82. The van der Waals surface area contributed by atoms with Crippen LogP contribution in [0.2, 0.25) is 0 Å². The lowest BCUT2D eigenvalue weighted by molar-refractivity contribution is -0.119. The minimum absolute atomic E-state index is 0.0507. The molecule has 0 atom stereocenters. The number of rotatable bonds is 5. The van der Waals surface area contributed by atoms with Crippen LogP contribution in [0, 0.1) is 0 Å². The Morgan fingerprint density at radius 1 is 1.75 bits per heavy atom. The van der Waals surface area contributed by atoms with Crippen LogP contribution in [-0.4, -0.2) is 35.5 Å². The molecule has 0 bridgehead atoms. The second-order valence-corrected chi connectivity index (χ2v) is 3.10. The molecule has 4 N–H and O–H groups in total. The fraction of sp³-hybridized carbons (Fsp3) is 0.667. The van der Waals surface area contributed by atoms with Crippen molar-refractivity contribution in [2.24, 2.45) is 10.9 Å². The van der Waals surface area contributed by atoms with Gasteiger partial charge in [-0.1, -0.05) is 5.16 Å². The van der Waals surface area contributed by atoms with E-state index in [9.17, 15) is 4.79 Å². The van der Waals surface area contributed by atoms with E-state index in [0.717, 1.165) is 5.75 Å². The normalized spacial score (nSPS) is 11.2. The molecule has 70 valence electrons. The summed E-state index contributed by atoms with van der Waals surface area (Å²) in [6.45, 7) is 0.610. The molecular weight excluding hydrogens is 178 g/mol. The Bertz CT molecular complexity index is 172. The quantitative estimate of drug-likeness (QED) is 0.181. The van der Waals surface area contributed by atoms with Gasteiger partial charge in [0.05, 0.1) is 6.42 Å². The fourth-order valence-electron chi connectivity index (χ4n) is 0.555. The molecule has 12 heavy (non-hydrogen) atoms. The van der Waals surface area contributed by atoms with Gasteiger partial charge < -0.3 is 16.3 Å². The van der Waals surface area contributed by atoms with Gasteiger partial charge in [-0.2, -0.15) is 11.8 Å². The molecule has 0 aromatic carbocycles. The highest BCUT2D eigenvalue weighted by Crippen LogP contribution is 1.87. The summed E-state index contributed by atoms with van der Waals surface area (Å²) in [6.07, 6.45) is 1.90. The number of amides is 1. The summed E-state index contributed by atoms with van der Waals surface area (Å²) in [4.78, 5) is 10.9. The molecule has 0 saturated heterocycles. The Hall–Kier alpha value is -0.910. The van der Waals surface area contributed by atoms with Gasteiger partial charge in [-0.05, 0) is 6.26 Å². The van der Waals surface area contributed by atoms with Gasteiger partial charge >= 0.3 is 0 Å². The standard InChI is InChI=1S/C6H13N3O2S/c1-12-3-2-8-6(10)4-5(7)9-11/h11H,2-4H2,1H3,(H2,7,9)(H,8,10). The van der Waals surface area contributed by atoms with Gasteiger partial charge in [-0.3, -0.25) is 4.79 Å². The molecule has 0 fully saturated rings. The van der Waals surface area contributed by atoms with Crippen molar-refractivity contribution in [2.45, 2.75) is 6.42 Å². The van der Waals surface area contributed by atoms with Crippen LogP contribution in [0.15, 0.2) is 5.16 Å². The van der Waals surface area contributed by atoms with Crippen LogP contribution in [0.25, 0.3) is 0 Å². The minimum atomic E-state index is -0.223. The minimum Gasteiger partial charge on any atom is -0.409 e. The van der Waals surface area contributed by atoms with Crippen LogP contribution < -0.4 is 11.1 Å². The number of nitrogens with one attached hydrogen (secondary N) is 1. The molecule has 0 saturated carbocycles. The van der Waals surface area contributed by atoms with Gasteiger partial charge in [0.15, 0.2) is 0 Å². The fourth-order valence-corrected chi connectivity index (χ4v) is 0.861. The number of carbonyl (C=O) groups excluding carboxylic acids is 1. The molecule has 0 aliphatic heterocycles. The lowest BCUT2D eigenvalue weighted by Gasteiger charge is -2.01. The van der Waals surface area contributed by atoms with Gasteiger partial charge in [0.2, 0.25) is 5.91 Å². The predicted octanol–water partition coefficient (Wildman–Crippen LogP) is -0.398. The van der Waals surface area contributed by atoms with Crippen molar-refractivity contribution in [3.05, 3.63) is 0 Å². The Labute approximate surface area is 75.4 Å². The van der Waals surface area contributed by atoms with E-state index in [1.807, 2.05) is 6.26 Å². The molecule has 0 aromatic heterocycles. The molecule has 0 spiro atoms. The van der Waals surface area contributed by atoms with Gasteiger partial charge in [0.1, 0.15) is 5.84 Å². The summed E-state index contributed by atoms with van der Waals surface area (Å²) in [5.41, 5.74) is 5.11. The molecule has 0 aromatic rings. The third-order valence-corrected chi connectivity index (χ3v) is 1.71. The van der Waals surface area contributed by atoms with E-state index in [1.54, 1.807) is 11.8 Å². The highest BCUT2D eigenvalue weighted by atomic mass is 32.2. The summed E-state index contributed by atoms with van der Waals surface area (Å²) in [5.74, 6) is 0.568. The average Bonchev–Trinajstić information content (AvgIpc) is 2.05. The number of hydrogen-bond acceptors (Lipinski definition) is 4. The number of nitrogens with zero attached hydrogens (tertiary/aromatic N) is 1. The molecule has 0 aliphatic rings. The summed E-state index contributed by atoms with van der Waals surface area (Å²) >= 11 is 1.64. The molecular formula is C6H13N3O2S. The van der Waals surface area contributed by atoms with Crippen LogP contribution >= 0.6 is 11.8 Å². The summed E-state index contributed by atoms with van der Waals surface area (Å²) in [7, 11) is 0. The smallest absolute Gasteiger partial charge is 0.227 e. The Balaban J connectivity index is 3.47. The number of amidine groups is 1. The maximum absolute atomic E-state index is 10.9. The predicted molar refractivity (Wildman–Crippen MR) is 49.4 cm³/mol. The number of nitrogens with two attached hydrogens (primary N) is 1. The number of carbonyl (C=O) groups is 1.